The van der Waals surface area contributed by atoms with E-state index >= 15 is 0 Å². The normalized spacial score (nSPS) is 11.2. The van der Waals surface area contributed by atoms with Crippen molar-refractivity contribution in [3.63, 3.8) is 0 Å². The minimum Gasteiger partial charge on any atom is -0.493 e. The van der Waals surface area contributed by atoms with Gasteiger partial charge in [-0.1, -0.05) is 34.1 Å². The fourth-order valence-electron chi connectivity index (χ4n) is 2.69. The van der Waals surface area contributed by atoms with Crippen molar-refractivity contribution in [3.05, 3.63) is 63.8 Å². The van der Waals surface area contributed by atoms with Crippen molar-refractivity contribution < 1.29 is 14.3 Å². The smallest absolute Gasteiger partial charge is 0.205 e. The fraction of sp³-hybridized carbons (Fsp3) is 0.100. The van der Waals surface area contributed by atoms with Crippen LogP contribution < -0.4 is 9.47 Å². The van der Waals surface area contributed by atoms with E-state index in [2.05, 4.69) is 20.9 Å². The first-order valence-electron chi connectivity index (χ1n) is 7.73. The summed E-state index contributed by atoms with van der Waals surface area (Å²) in [6, 6.07) is 12.9. The second-order valence-corrected chi connectivity index (χ2v) is 6.33. The van der Waals surface area contributed by atoms with Gasteiger partial charge in [0.25, 0.3) is 0 Å². The molecular formula is C20H15BrN2O3. The van der Waals surface area contributed by atoms with Gasteiger partial charge >= 0.3 is 0 Å². The van der Waals surface area contributed by atoms with Gasteiger partial charge in [-0.25, -0.2) is 0 Å². The lowest BCUT2D eigenvalue weighted by atomic mass is 10.0. The van der Waals surface area contributed by atoms with Crippen LogP contribution in [-0.2, 0) is 0 Å². The Morgan fingerprint density at radius 2 is 1.88 bits per heavy atom. The van der Waals surface area contributed by atoms with Crippen LogP contribution in [0.3, 0.4) is 0 Å². The second kappa shape index (κ2) is 7.46. The third kappa shape index (κ3) is 3.22. The highest BCUT2D eigenvalue weighted by molar-refractivity contribution is 9.10. The highest BCUT2D eigenvalue weighted by atomic mass is 79.9. The van der Waals surface area contributed by atoms with Gasteiger partial charge in [-0.05, 0) is 29.8 Å². The largest absolute Gasteiger partial charge is 0.493 e. The predicted octanol–water partition coefficient (Wildman–Crippen LogP) is 4.74. The topological polar surface area (TPSA) is 75.1 Å². The van der Waals surface area contributed by atoms with E-state index in [0.29, 0.717) is 27.1 Å². The number of nitrogens with one attached hydrogen (secondary N) is 1. The number of ketones is 1. The lowest BCUT2D eigenvalue weighted by Crippen LogP contribution is -2.01. The van der Waals surface area contributed by atoms with Crippen molar-refractivity contribution >= 4 is 38.7 Å². The van der Waals surface area contributed by atoms with E-state index in [1.807, 2.05) is 30.3 Å². The van der Waals surface area contributed by atoms with E-state index < -0.39 is 0 Å². The van der Waals surface area contributed by atoms with Crippen molar-refractivity contribution in [1.82, 2.24) is 4.98 Å². The molecule has 0 saturated carbocycles. The van der Waals surface area contributed by atoms with Crippen molar-refractivity contribution in [1.29, 1.82) is 5.26 Å². The van der Waals surface area contributed by atoms with Crippen LogP contribution in [0.1, 0.15) is 15.9 Å². The zero-order valence-electron chi connectivity index (χ0n) is 14.2. The molecule has 1 N–H and O–H groups in total. The molecule has 0 spiro atoms. The average molecular weight is 411 g/mol. The van der Waals surface area contributed by atoms with Crippen molar-refractivity contribution in [3.8, 4) is 17.6 Å². The summed E-state index contributed by atoms with van der Waals surface area (Å²) < 4.78 is 11.2. The molecule has 0 aliphatic rings. The SMILES string of the molecule is COc1cc(Br)c(/C=C(\C#N)C(=O)c2c[nH]c3ccccc23)cc1OC. The van der Waals surface area contributed by atoms with E-state index in [1.165, 1.54) is 13.2 Å². The number of carbonyl (C=O) groups is 1. The van der Waals surface area contributed by atoms with Crippen molar-refractivity contribution in [2.75, 3.05) is 14.2 Å². The molecular weight excluding hydrogens is 396 g/mol. The first kappa shape index (κ1) is 17.8. The number of fused-ring (bicyclic) bond motifs is 1. The number of hydrogen-bond acceptors (Lipinski definition) is 4. The molecule has 1 heterocycles. The van der Waals surface area contributed by atoms with E-state index in [-0.39, 0.29) is 11.4 Å². The van der Waals surface area contributed by atoms with Crippen molar-refractivity contribution in [2.24, 2.45) is 0 Å². The molecule has 0 saturated heterocycles. The molecule has 3 rings (SSSR count). The van der Waals surface area contributed by atoms with Gasteiger partial charge in [-0.15, -0.1) is 0 Å². The molecule has 0 aliphatic carbocycles. The number of aromatic nitrogens is 1. The molecule has 0 aliphatic heterocycles. The molecule has 2 aromatic carbocycles. The lowest BCUT2D eigenvalue weighted by Gasteiger charge is -2.10. The molecule has 3 aromatic rings. The average Bonchev–Trinajstić information content (AvgIpc) is 3.10. The minimum atomic E-state index is -0.341. The zero-order chi connectivity index (χ0) is 18.7. The standard InChI is InChI=1S/C20H15BrN2O3/c1-25-18-8-12(16(21)9-19(18)26-2)7-13(10-22)20(24)15-11-23-17-6-4-3-5-14(15)17/h3-9,11,23H,1-2H3/b13-7+. The molecule has 5 nitrogen and oxygen atoms in total. The van der Waals surface area contributed by atoms with E-state index in [9.17, 15) is 10.1 Å². The Hall–Kier alpha value is -3.04. The number of nitriles is 1. The number of Topliss-reactive ketones (excluding diaryl/α,β-unsaturated/α-hetero) is 1. The number of para-hydroxylation sites is 1. The molecule has 0 amide bonds. The molecule has 0 atom stereocenters. The number of halogens is 1. The van der Waals surface area contributed by atoms with Gasteiger partial charge in [0.1, 0.15) is 11.6 Å². The summed E-state index contributed by atoms with van der Waals surface area (Å²) in [6.45, 7) is 0. The Balaban J connectivity index is 2.06. The Labute approximate surface area is 159 Å². The summed E-state index contributed by atoms with van der Waals surface area (Å²) in [4.78, 5) is 15.9. The van der Waals surface area contributed by atoms with E-state index in [0.717, 1.165) is 10.9 Å². The molecule has 0 radical (unpaired) electrons. The number of hydrogen-bond donors (Lipinski definition) is 1. The first-order chi connectivity index (χ1) is 12.6. The monoisotopic (exact) mass is 410 g/mol. The van der Waals surface area contributed by atoms with Gasteiger partial charge in [0, 0.05) is 27.1 Å². The highest BCUT2D eigenvalue weighted by Gasteiger charge is 2.17. The first-order valence-corrected chi connectivity index (χ1v) is 8.52. The number of aromatic amines is 1. The minimum absolute atomic E-state index is 0.0303. The number of carbonyl (C=O) groups excluding carboxylic acids is 1. The Bertz CT molecular complexity index is 1060. The zero-order valence-corrected chi connectivity index (χ0v) is 15.8. The van der Waals surface area contributed by atoms with Crippen LogP contribution in [0.5, 0.6) is 11.5 Å². The number of benzene rings is 2. The number of methoxy groups -OCH3 is 2. The number of H-pyrrole nitrogens is 1. The van der Waals surface area contributed by atoms with Crippen LogP contribution in [0, 0.1) is 11.3 Å². The maximum atomic E-state index is 12.9. The molecule has 1 aromatic heterocycles. The summed E-state index contributed by atoms with van der Waals surface area (Å²) >= 11 is 3.44. The van der Waals surface area contributed by atoms with Gasteiger partial charge in [-0.3, -0.25) is 4.79 Å². The maximum absolute atomic E-state index is 12.9. The summed E-state index contributed by atoms with van der Waals surface area (Å²) in [7, 11) is 3.07. The fourth-order valence-corrected chi connectivity index (χ4v) is 3.13. The van der Waals surface area contributed by atoms with Gasteiger partial charge < -0.3 is 14.5 Å². The van der Waals surface area contributed by atoms with E-state index in [1.54, 1.807) is 25.4 Å². The van der Waals surface area contributed by atoms with Gasteiger partial charge in [0.15, 0.2) is 11.5 Å². The molecule has 0 fully saturated rings. The third-order valence-electron chi connectivity index (χ3n) is 4.00. The Morgan fingerprint density at radius 1 is 1.19 bits per heavy atom. The molecule has 6 heteroatoms. The Morgan fingerprint density at radius 3 is 2.58 bits per heavy atom. The van der Waals surface area contributed by atoms with Gasteiger partial charge in [0.2, 0.25) is 5.78 Å². The summed E-state index contributed by atoms with van der Waals surface area (Å²) in [5.41, 5.74) is 1.99. The second-order valence-electron chi connectivity index (χ2n) is 5.48. The van der Waals surface area contributed by atoms with Crippen LogP contribution >= 0.6 is 15.9 Å². The quantitative estimate of drug-likeness (QED) is 0.374. The van der Waals surface area contributed by atoms with Crippen LogP contribution in [0.25, 0.3) is 17.0 Å². The number of ether oxygens (including phenoxy) is 2. The summed E-state index contributed by atoms with van der Waals surface area (Å²) in [5, 5.41) is 10.3. The number of rotatable bonds is 5. The van der Waals surface area contributed by atoms with E-state index in [4.69, 9.17) is 9.47 Å². The van der Waals surface area contributed by atoms with Gasteiger partial charge in [-0.2, -0.15) is 5.26 Å². The maximum Gasteiger partial charge on any atom is 0.205 e. The summed E-state index contributed by atoms with van der Waals surface area (Å²) in [5.74, 6) is 0.725. The molecule has 0 bridgehead atoms. The highest BCUT2D eigenvalue weighted by Crippen LogP contribution is 2.34. The predicted molar refractivity (Wildman–Crippen MR) is 103 cm³/mol. The summed E-state index contributed by atoms with van der Waals surface area (Å²) in [6.07, 6.45) is 3.16. The van der Waals surface area contributed by atoms with Crippen LogP contribution in [-0.4, -0.2) is 25.0 Å². The van der Waals surface area contributed by atoms with Gasteiger partial charge in [0.05, 0.1) is 14.2 Å². The molecule has 26 heavy (non-hydrogen) atoms. The third-order valence-corrected chi connectivity index (χ3v) is 4.69. The van der Waals surface area contributed by atoms with Crippen LogP contribution in [0.4, 0.5) is 0 Å². The molecule has 130 valence electrons. The number of nitrogens with zero attached hydrogens (tertiary/aromatic N) is 1. The van der Waals surface area contributed by atoms with Crippen molar-refractivity contribution in [2.45, 2.75) is 0 Å². The van der Waals surface area contributed by atoms with Crippen LogP contribution in [0.15, 0.2) is 52.6 Å². The number of allylic oxidation sites excluding steroid dienone is 1. The lowest BCUT2D eigenvalue weighted by molar-refractivity contribution is 0.104. The Kier molecular flexibility index (Phi) is 5.10. The van der Waals surface area contributed by atoms with Crippen LogP contribution in [0.2, 0.25) is 0 Å². The molecule has 0 unspecified atom stereocenters.